The minimum absolute atomic E-state index is 0.740. The Hall–Kier alpha value is -2.40. The molecule has 0 aliphatic carbocycles. The minimum Gasteiger partial charge on any atom is -0.341 e. The lowest BCUT2D eigenvalue weighted by atomic mass is 10.1. The van der Waals surface area contributed by atoms with E-state index in [-0.39, 0.29) is 0 Å². The number of aromatic nitrogens is 2. The normalized spacial score (nSPS) is 10.5. The molecule has 0 spiro atoms. The summed E-state index contributed by atoms with van der Waals surface area (Å²) in [4.78, 5) is 11.6. The number of rotatable bonds is 6. The van der Waals surface area contributed by atoms with Gasteiger partial charge in [0.2, 0.25) is 5.95 Å². The molecule has 1 heterocycles. The van der Waals surface area contributed by atoms with Crippen molar-refractivity contribution in [2.45, 2.75) is 13.8 Å². The molecule has 0 radical (unpaired) electrons. The molecule has 1 aromatic heterocycles. The van der Waals surface area contributed by atoms with Gasteiger partial charge in [-0.2, -0.15) is 4.98 Å². The van der Waals surface area contributed by atoms with Crippen molar-refractivity contribution in [3.63, 3.8) is 0 Å². The highest BCUT2D eigenvalue weighted by Gasteiger charge is 2.11. The molecule has 4 nitrogen and oxygen atoms in total. The quantitative estimate of drug-likeness (QED) is 0.597. The molecule has 3 rings (SSSR count). The molecule has 0 saturated carbocycles. The summed E-state index contributed by atoms with van der Waals surface area (Å²) in [6.45, 7) is 5.96. The van der Waals surface area contributed by atoms with Gasteiger partial charge < -0.3 is 10.2 Å². The van der Waals surface area contributed by atoms with E-state index in [2.05, 4.69) is 52.1 Å². The van der Waals surface area contributed by atoms with E-state index in [9.17, 15) is 0 Å². The van der Waals surface area contributed by atoms with Crippen LogP contribution in [0.15, 0.2) is 65.1 Å². The summed E-state index contributed by atoms with van der Waals surface area (Å²) in [5.41, 5.74) is 2.98. The molecular formula is C20H21BrN4. The van der Waals surface area contributed by atoms with Gasteiger partial charge in [-0.05, 0) is 32.0 Å². The first kappa shape index (κ1) is 17.4. The Bertz CT molecular complexity index is 832. The van der Waals surface area contributed by atoms with Crippen LogP contribution >= 0.6 is 15.9 Å². The molecule has 0 bridgehead atoms. The molecule has 0 atom stereocenters. The number of anilines is 3. The van der Waals surface area contributed by atoms with Crippen LogP contribution in [0.4, 0.5) is 17.5 Å². The molecule has 25 heavy (non-hydrogen) atoms. The third-order valence-electron chi connectivity index (χ3n) is 3.93. The highest BCUT2D eigenvalue weighted by atomic mass is 79.9. The van der Waals surface area contributed by atoms with Crippen LogP contribution in [0, 0.1) is 0 Å². The first-order chi connectivity index (χ1) is 12.2. The Morgan fingerprint density at radius 1 is 0.920 bits per heavy atom. The van der Waals surface area contributed by atoms with Crippen molar-refractivity contribution in [1.29, 1.82) is 0 Å². The monoisotopic (exact) mass is 396 g/mol. The molecule has 0 aliphatic rings. The predicted octanol–water partition coefficient (Wildman–Crippen LogP) is 5.50. The smallest absolute Gasteiger partial charge is 0.227 e. The van der Waals surface area contributed by atoms with Crippen molar-refractivity contribution in [2.24, 2.45) is 0 Å². The summed E-state index contributed by atoms with van der Waals surface area (Å²) in [7, 11) is 0. The highest BCUT2D eigenvalue weighted by molar-refractivity contribution is 9.10. The Labute approximate surface area is 157 Å². The zero-order chi connectivity index (χ0) is 17.6. The van der Waals surface area contributed by atoms with E-state index in [1.165, 1.54) is 0 Å². The van der Waals surface area contributed by atoms with Crippen molar-refractivity contribution in [3.05, 3.63) is 65.1 Å². The van der Waals surface area contributed by atoms with E-state index < -0.39 is 0 Å². The molecule has 0 fully saturated rings. The second-order valence-electron chi connectivity index (χ2n) is 5.61. The molecule has 1 N–H and O–H groups in total. The zero-order valence-corrected chi connectivity index (χ0v) is 16.0. The van der Waals surface area contributed by atoms with Crippen LogP contribution in [0.5, 0.6) is 0 Å². The fraction of sp³-hybridized carbons (Fsp3) is 0.200. The summed E-state index contributed by atoms with van der Waals surface area (Å²) in [6.07, 6.45) is 0. The van der Waals surface area contributed by atoms with Gasteiger partial charge in [-0.15, -0.1) is 0 Å². The van der Waals surface area contributed by atoms with Gasteiger partial charge in [-0.1, -0.05) is 52.3 Å². The summed E-state index contributed by atoms with van der Waals surface area (Å²) in [6, 6.07) is 20.2. The van der Waals surface area contributed by atoms with Crippen LogP contribution in [0.25, 0.3) is 11.3 Å². The molecular weight excluding hydrogens is 376 g/mol. The van der Waals surface area contributed by atoms with E-state index >= 15 is 0 Å². The van der Waals surface area contributed by atoms with Crippen LogP contribution in [0.2, 0.25) is 0 Å². The summed E-state index contributed by atoms with van der Waals surface area (Å²) in [5.74, 6) is 1.53. The molecule has 5 heteroatoms. The first-order valence-electron chi connectivity index (χ1n) is 8.41. The Kier molecular flexibility index (Phi) is 5.66. The number of halogens is 1. The van der Waals surface area contributed by atoms with E-state index in [4.69, 9.17) is 9.97 Å². The van der Waals surface area contributed by atoms with Crippen LogP contribution < -0.4 is 10.2 Å². The second kappa shape index (κ2) is 8.12. The maximum absolute atomic E-state index is 4.77. The van der Waals surface area contributed by atoms with Crippen LogP contribution in [0.3, 0.4) is 0 Å². The van der Waals surface area contributed by atoms with Crippen LogP contribution in [0.1, 0.15) is 13.8 Å². The van der Waals surface area contributed by atoms with Crippen molar-refractivity contribution < 1.29 is 0 Å². The average molecular weight is 397 g/mol. The summed E-state index contributed by atoms with van der Waals surface area (Å²) < 4.78 is 1.03. The van der Waals surface area contributed by atoms with Gasteiger partial charge in [-0.3, -0.25) is 0 Å². The van der Waals surface area contributed by atoms with Gasteiger partial charge in [0.1, 0.15) is 5.82 Å². The predicted molar refractivity (Wildman–Crippen MR) is 108 cm³/mol. The molecule has 0 unspecified atom stereocenters. The van der Waals surface area contributed by atoms with Gasteiger partial charge in [0, 0.05) is 34.9 Å². The van der Waals surface area contributed by atoms with Gasteiger partial charge >= 0.3 is 0 Å². The lowest BCUT2D eigenvalue weighted by Crippen LogP contribution is -2.24. The topological polar surface area (TPSA) is 41.1 Å². The van der Waals surface area contributed by atoms with E-state index in [1.807, 2.05) is 48.5 Å². The van der Waals surface area contributed by atoms with Gasteiger partial charge in [0.05, 0.1) is 5.69 Å². The zero-order valence-electron chi connectivity index (χ0n) is 14.4. The first-order valence-corrected chi connectivity index (χ1v) is 9.21. The van der Waals surface area contributed by atoms with Gasteiger partial charge in [0.15, 0.2) is 0 Å². The van der Waals surface area contributed by atoms with Crippen molar-refractivity contribution in [1.82, 2.24) is 9.97 Å². The van der Waals surface area contributed by atoms with Crippen LogP contribution in [-0.2, 0) is 0 Å². The fourth-order valence-electron chi connectivity index (χ4n) is 2.62. The van der Waals surface area contributed by atoms with E-state index in [1.54, 1.807) is 0 Å². The van der Waals surface area contributed by atoms with Crippen molar-refractivity contribution in [3.8, 4) is 11.3 Å². The Morgan fingerprint density at radius 3 is 2.36 bits per heavy atom. The number of nitrogens with one attached hydrogen (secondary N) is 1. The third kappa shape index (κ3) is 4.37. The lowest BCUT2D eigenvalue weighted by Gasteiger charge is -2.20. The van der Waals surface area contributed by atoms with Crippen LogP contribution in [-0.4, -0.2) is 23.1 Å². The molecule has 3 aromatic rings. The molecule has 0 aliphatic heterocycles. The van der Waals surface area contributed by atoms with E-state index in [0.29, 0.717) is 0 Å². The summed E-state index contributed by atoms with van der Waals surface area (Å²) in [5, 5.41) is 3.39. The fourth-order valence-corrected chi connectivity index (χ4v) is 3.02. The number of nitrogens with zero attached hydrogens (tertiary/aromatic N) is 3. The SMILES string of the molecule is CCN(CC)c1nc(Nc2cccc(Br)c2)cc(-c2ccccc2)n1. The minimum atomic E-state index is 0.740. The van der Waals surface area contributed by atoms with Crippen molar-refractivity contribution in [2.75, 3.05) is 23.3 Å². The van der Waals surface area contributed by atoms with Gasteiger partial charge in [0.25, 0.3) is 0 Å². The largest absolute Gasteiger partial charge is 0.341 e. The number of hydrogen-bond acceptors (Lipinski definition) is 4. The molecule has 128 valence electrons. The number of hydrogen-bond donors (Lipinski definition) is 1. The Balaban J connectivity index is 2.03. The molecule has 0 saturated heterocycles. The average Bonchev–Trinajstić information content (AvgIpc) is 2.63. The summed E-state index contributed by atoms with van der Waals surface area (Å²) >= 11 is 3.51. The lowest BCUT2D eigenvalue weighted by molar-refractivity contribution is 0.823. The second-order valence-corrected chi connectivity index (χ2v) is 6.53. The third-order valence-corrected chi connectivity index (χ3v) is 4.42. The van der Waals surface area contributed by atoms with E-state index in [0.717, 1.165) is 46.3 Å². The Morgan fingerprint density at radius 2 is 1.68 bits per heavy atom. The maximum atomic E-state index is 4.77. The van der Waals surface area contributed by atoms with Crippen molar-refractivity contribution >= 4 is 33.4 Å². The van der Waals surface area contributed by atoms with Gasteiger partial charge in [-0.25, -0.2) is 4.98 Å². The number of benzene rings is 2. The molecule has 0 amide bonds. The highest BCUT2D eigenvalue weighted by Crippen LogP contribution is 2.26. The maximum Gasteiger partial charge on any atom is 0.227 e. The molecule has 2 aromatic carbocycles. The standard InChI is InChI=1S/C20H21BrN4/c1-3-25(4-2)20-23-18(15-9-6-5-7-10-15)14-19(24-20)22-17-12-8-11-16(21)13-17/h5-14H,3-4H2,1-2H3,(H,22,23,24).